The Morgan fingerprint density at radius 3 is 2.59 bits per heavy atom. The lowest BCUT2D eigenvalue weighted by molar-refractivity contribution is 0.209. The van der Waals surface area contributed by atoms with E-state index in [1.165, 1.54) is 4.88 Å². The van der Waals surface area contributed by atoms with Crippen molar-refractivity contribution in [2.75, 3.05) is 11.9 Å². The highest BCUT2D eigenvalue weighted by Crippen LogP contribution is 2.15. The van der Waals surface area contributed by atoms with Crippen LogP contribution in [0, 0.1) is 0 Å². The molecule has 0 bridgehead atoms. The van der Waals surface area contributed by atoms with Crippen molar-refractivity contribution >= 4 is 34.0 Å². The van der Waals surface area contributed by atoms with Gasteiger partial charge in [-0.25, -0.2) is 4.79 Å². The number of carbonyl (C=O) groups excluding carboxylic acids is 1. The molecule has 4 rings (SSSR count). The molecule has 2 amide bonds. The van der Waals surface area contributed by atoms with Crippen molar-refractivity contribution in [1.82, 2.24) is 9.88 Å². The van der Waals surface area contributed by atoms with Crippen molar-refractivity contribution in [1.29, 1.82) is 0 Å². The van der Waals surface area contributed by atoms with Gasteiger partial charge in [0.25, 0.3) is 5.56 Å². The highest BCUT2D eigenvalue weighted by Gasteiger charge is 2.17. The van der Waals surface area contributed by atoms with Gasteiger partial charge in [-0.15, -0.1) is 11.3 Å². The summed E-state index contributed by atoms with van der Waals surface area (Å²) in [5.41, 5.74) is 1.92. The summed E-state index contributed by atoms with van der Waals surface area (Å²) in [4.78, 5) is 31.3. The summed E-state index contributed by atoms with van der Waals surface area (Å²) in [5, 5.41) is 5.90. The number of H-pyrrole nitrogens is 1. The molecule has 0 spiro atoms. The molecule has 0 aliphatic rings. The van der Waals surface area contributed by atoms with Crippen LogP contribution >= 0.6 is 11.3 Å². The number of aromatic nitrogens is 1. The van der Waals surface area contributed by atoms with Crippen molar-refractivity contribution in [3.63, 3.8) is 0 Å². The van der Waals surface area contributed by atoms with Crippen LogP contribution in [-0.4, -0.2) is 22.5 Å². The maximum absolute atomic E-state index is 13.0. The second-order valence-electron chi connectivity index (χ2n) is 6.76. The van der Waals surface area contributed by atoms with Gasteiger partial charge in [0.15, 0.2) is 0 Å². The van der Waals surface area contributed by atoms with Crippen LogP contribution < -0.4 is 10.9 Å². The van der Waals surface area contributed by atoms with Crippen molar-refractivity contribution in [3.05, 3.63) is 99.0 Å². The highest BCUT2D eigenvalue weighted by atomic mass is 32.1. The standard InChI is InChI=1S/C23H21N3O2S/c27-22-18(15-17-7-4-5-11-21(17)25-22)16-26(13-12-20-10-6-14-29-20)23(28)24-19-8-2-1-3-9-19/h1-11,14-15H,12-13,16H2,(H,24,28)(H,25,27). The zero-order valence-electron chi connectivity index (χ0n) is 15.8. The zero-order chi connectivity index (χ0) is 20.1. The molecule has 4 aromatic rings. The third-order valence-electron chi connectivity index (χ3n) is 4.71. The van der Waals surface area contributed by atoms with Crippen LogP contribution in [0.4, 0.5) is 10.5 Å². The second-order valence-corrected chi connectivity index (χ2v) is 7.79. The van der Waals surface area contributed by atoms with Gasteiger partial charge in [0.1, 0.15) is 0 Å². The van der Waals surface area contributed by atoms with E-state index in [0.717, 1.165) is 23.0 Å². The van der Waals surface area contributed by atoms with Crippen LogP contribution in [0.2, 0.25) is 0 Å². The van der Waals surface area contributed by atoms with Gasteiger partial charge in [-0.1, -0.05) is 42.5 Å². The molecule has 2 heterocycles. The van der Waals surface area contributed by atoms with E-state index in [2.05, 4.69) is 16.4 Å². The Labute approximate surface area is 172 Å². The van der Waals surface area contributed by atoms with Gasteiger partial charge < -0.3 is 15.2 Å². The number of hydrogen-bond donors (Lipinski definition) is 2. The first kappa shape index (κ1) is 19.0. The quantitative estimate of drug-likeness (QED) is 0.483. The number of carbonyl (C=O) groups is 1. The molecule has 6 heteroatoms. The largest absolute Gasteiger partial charge is 0.322 e. The lowest BCUT2D eigenvalue weighted by atomic mass is 10.1. The molecule has 0 saturated carbocycles. The number of benzene rings is 2. The van der Waals surface area contributed by atoms with Crippen LogP contribution in [0.3, 0.4) is 0 Å². The van der Waals surface area contributed by atoms with Gasteiger partial charge >= 0.3 is 6.03 Å². The summed E-state index contributed by atoms with van der Waals surface area (Å²) in [6, 6.07) is 22.7. The van der Waals surface area contributed by atoms with Crippen LogP contribution in [0.25, 0.3) is 10.9 Å². The molecule has 2 N–H and O–H groups in total. The van der Waals surface area contributed by atoms with Crippen molar-refractivity contribution in [2.24, 2.45) is 0 Å². The fourth-order valence-corrected chi connectivity index (χ4v) is 3.89. The van der Waals surface area contributed by atoms with E-state index in [-0.39, 0.29) is 18.1 Å². The number of urea groups is 1. The van der Waals surface area contributed by atoms with E-state index in [0.29, 0.717) is 12.1 Å². The second kappa shape index (κ2) is 8.75. The third-order valence-corrected chi connectivity index (χ3v) is 5.65. The number of nitrogens with zero attached hydrogens (tertiary/aromatic N) is 1. The monoisotopic (exact) mass is 403 g/mol. The number of amides is 2. The Bertz CT molecular complexity index is 1150. The summed E-state index contributed by atoms with van der Waals surface area (Å²) < 4.78 is 0. The summed E-state index contributed by atoms with van der Waals surface area (Å²) in [6.07, 6.45) is 0.741. The number of hydrogen-bond acceptors (Lipinski definition) is 3. The van der Waals surface area contributed by atoms with Crippen molar-refractivity contribution in [2.45, 2.75) is 13.0 Å². The van der Waals surface area contributed by atoms with E-state index in [1.54, 1.807) is 16.2 Å². The molecule has 29 heavy (non-hydrogen) atoms. The average Bonchev–Trinajstić information content (AvgIpc) is 3.25. The number of rotatable bonds is 6. The summed E-state index contributed by atoms with van der Waals surface area (Å²) >= 11 is 1.67. The molecule has 0 fully saturated rings. The van der Waals surface area contributed by atoms with Gasteiger partial charge in [0, 0.05) is 28.2 Å². The number of para-hydroxylation sites is 2. The molecule has 5 nitrogen and oxygen atoms in total. The van der Waals surface area contributed by atoms with E-state index in [4.69, 9.17) is 0 Å². The predicted molar refractivity (Wildman–Crippen MR) is 118 cm³/mol. The van der Waals surface area contributed by atoms with E-state index >= 15 is 0 Å². The highest BCUT2D eigenvalue weighted by molar-refractivity contribution is 7.09. The molecule has 0 radical (unpaired) electrons. The summed E-state index contributed by atoms with van der Waals surface area (Å²) in [7, 11) is 0. The molecule has 0 unspecified atom stereocenters. The molecular formula is C23H21N3O2S. The van der Waals surface area contributed by atoms with Crippen molar-refractivity contribution in [3.8, 4) is 0 Å². The SMILES string of the molecule is O=C(Nc1ccccc1)N(CCc1cccs1)Cc1cc2ccccc2[nH]c1=O. The first-order chi connectivity index (χ1) is 14.2. The zero-order valence-corrected chi connectivity index (χ0v) is 16.6. The number of fused-ring (bicyclic) bond motifs is 1. The number of thiophene rings is 1. The van der Waals surface area contributed by atoms with Crippen LogP contribution in [0.5, 0.6) is 0 Å². The minimum atomic E-state index is -0.222. The molecule has 2 aromatic carbocycles. The molecule has 0 aliphatic carbocycles. The van der Waals surface area contributed by atoms with E-state index < -0.39 is 0 Å². The lowest BCUT2D eigenvalue weighted by Crippen LogP contribution is -2.37. The first-order valence-corrected chi connectivity index (χ1v) is 10.3. The Kier molecular flexibility index (Phi) is 5.72. The van der Waals surface area contributed by atoms with Crippen LogP contribution in [0.1, 0.15) is 10.4 Å². The Morgan fingerprint density at radius 1 is 1.00 bits per heavy atom. The Balaban J connectivity index is 1.58. The minimum Gasteiger partial charge on any atom is -0.322 e. The maximum Gasteiger partial charge on any atom is 0.322 e. The van der Waals surface area contributed by atoms with Gasteiger partial charge in [-0.05, 0) is 47.5 Å². The smallest absolute Gasteiger partial charge is 0.322 e. The lowest BCUT2D eigenvalue weighted by Gasteiger charge is -2.23. The summed E-state index contributed by atoms with van der Waals surface area (Å²) in [5.74, 6) is 0. The number of nitrogens with one attached hydrogen (secondary N) is 2. The van der Waals surface area contributed by atoms with Gasteiger partial charge in [-0.2, -0.15) is 0 Å². The van der Waals surface area contributed by atoms with Gasteiger partial charge in [0.2, 0.25) is 0 Å². The molecule has 0 saturated heterocycles. The maximum atomic E-state index is 13.0. The Morgan fingerprint density at radius 2 is 1.79 bits per heavy atom. The van der Waals surface area contributed by atoms with Crippen LogP contribution in [-0.2, 0) is 13.0 Å². The van der Waals surface area contributed by atoms with Gasteiger partial charge in [-0.3, -0.25) is 4.79 Å². The topological polar surface area (TPSA) is 65.2 Å². The number of pyridine rings is 1. The fourth-order valence-electron chi connectivity index (χ4n) is 3.19. The fraction of sp³-hybridized carbons (Fsp3) is 0.130. The van der Waals surface area contributed by atoms with E-state index in [1.807, 2.05) is 72.1 Å². The first-order valence-electron chi connectivity index (χ1n) is 9.43. The predicted octanol–water partition coefficient (Wildman–Crippen LogP) is 4.87. The molecule has 2 aromatic heterocycles. The van der Waals surface area contributed by atoms with Crippen molar-refractivity contribution < 1.29 is 4.79 Å². The minimum absolute atomic E-state index is 0.169. The number of aromatic amines is 1. The molecular weight excluding hydrogens is 382 g/mol. The van der Waals surface area contributed by atoms with E-state index in [9.17, 15) is 9.59 Å². The molecule has 0 aliphatic heterocycles. The normalized spacial score (nSPS) is 10.8. The average molecular weight is 404 g/mol. The molecule has 146 valence electrons. The molecule has 0 atom stereocenters. The Hall–Kier alpha value is -3.38. The number of anilines is 1. The summed E-state index contributed by atoms with van der Waals surface area (Å²) in [6.45, 7) is 0.760. The van der Waals surface area contributed by atoms with Gasteiger partial charge in [0.05, 0.1) is 6.54 Å². The third kappa shape index (κ3) is 4.73. The van der Waals surface area contributed by atoms with Crippen LogP contribution in [0.15, 0.2) is 83.0 Å².